The summed E-state index contributed by atoms with van der Waals surface area (Å²) in [6.07, 6.45) is 1.19. The molecule has 1 fully saturated rings. The van der Waals surface area contributed by atoms with Crippen molar-refractivity contribution in [1.82, 2.24) is 14.0 Å². The van der Waals surface area contributed by atoms with Crippen molar-refractivity contribution in [3.63, 3.8) is 0 Å². The summed E-state index contributed by atoms with van der Waals surface area (Å²) < 4.78 is 24.2. The number of nitrogens with zero attached hydrogens (tertiary/aromatic N) is 3. The first-order chi connectivity index (χ1) is 20.3. The van der Waals surface area contributed by atoms with Gasteiger partial charge in [-0.2, -0.15) is 0 Å². The van der Waals surface area contributed by atoms with Crippen LogP contribution in [0.3, 0.4) is 0 Å². The third kappa shape index (κ3) is 5.36. The van der Waals surface area contributed by atoms with E-state index >= 15 is 0 Å². The molecule has 2 aliphatic rings. The van der Waals surface area contributed by atoms with Gasteiger partial charge in [0, 0.05) is 36.3 Å². The van der Waals surface area contributed by atoms with Gasteiger partial charge in [-0.3, -0.25) is 18.8 Å². The fourth-order valence-electron chi connectivity index (χ4n) is 6.34. The summed E-state index contributed by atoms with van der Waals surface area (Å²) in [4.78, 5) is 30.5. The van der Waals surface area contributed by atoms with Gasteiger partial charge >= 0.3 is 5.69 Å². The maximum Gasteiger partial charge on any atom is 0.331 e. The zero-order valence-electron chi connectivity index (χ0n) is 23.6. The standard InChI is InChI=1S/C33H34ClFN4O3/c1-22-7-5-12-27(35)26(22)19-38-29-21-42-33(13-15-37(16-14-33)18-23-8-6-11-25(34)17-23)30(29)31(40)39(32(38)41)20-28(36)24-9-3-2-4-10-24/h2-12,17,28H,13-16,18-21,36H2,1H3/t28-/m0/s1. The minimum absolute atomic E-state index is 0.000853. The highest BCUT2D eigenvalue weighted by Crippen LogP contribution is 2.42. The molecule has 2 N–H and O–H groups in total. The number of hydrogen-bond donors (Lipinski definition) is 1. The number of aryl methyl sites for hydroxylation is 1. The van der Waals surface area contributed by atoms with Gasteiger partial charge in [0.05, 0.1) is 31.0 Å². The molecule has 4 aromatic rings. The van der Waals surface area contributed by atoms with Crippen molar-refractivity contribution in [2.45, 2.75) is 57.6 Å². The van der Waals surface area contributed by atoms with E-state index in [1.807, 2.05) is 61.5 Å². The van der Waals surface area contributed by atoms with Crippen molar-refractivity contribution in [3.05, 3.63) is 138 Å². The average Bonchev–Trinajstić information content (AvgIpc) is 3.35. The summed E-state index contributed by atoms with van der Waals surface area (Å²) in [5.41, 5.74) is 8.93. The highest BCUT2D eigenvalue weighted by Gasteiger charge is 2.47. The van der Waals surface area contributed by atoms with Crippen LogP contribution in [0.1, 0.15) is 52.4 Å². The number of hydrogen-bond acceptors (Lipinski definition) is 5. The Bertz CT molecular complexity index is 1710. The predicted molar refractivity (Wildman–Crippen MR) is 161 cm³/mol. The Morgan fingerprint density at radius 1 is 0.976 bits per heavy atom. The van der Waals surface area contributed by atoms with E-state index in [2.05, 4.69) is 11.0 Å². The summed E-state index contributed by atoms with van der Waals surface area (Å²) in [6.45, 7) is 4.10. The Kier molecular flexibility index (Phi) is 7.89. The normalized spacial score (nSPS) is 17.0. The number of halogens is 2. The molecule has 2 aliphatic heterocycles. The van der Waals surface area contributed by atoms with E-state index in [0.29, 0.717) is 47.8 Å². The largest absolute Gasteiger partial charge is 0.364 e. The molecule has 0 bridgehead atoms. The van der Waals surface area contributed by atoms with Gasteiger partial charge in [0.25, 0.3) is 5.56 Å². The van der Waals surface area contributed by atoms with Crippen molar-refractivity contribution in [2.24, 2.45) is 5.73 Å². The Morgan fingerprint density at radius 2 is 1.71 bits per heavy atom. The molecule has 1 atom stereocenters. The third-order valence-electron chi connectivity index (χ3n) is 8.71. The lowest BCUT2D eigenvalue weighted by atomic mass is 9.85. The van der Waals surface area contributed by atoms with Crippen LogP contribution in [-0.4, -0.2) is 27.1 Å². The van der Waals surface area contributed by atoms with E-state index in [9.17, 15) is 14.0 Å². The van der Waals surface area contributed by atoms with Crippen molar-refractivity contribution in [3.8, 4) is 0 Å². The third-order valence-corrected chi connectivity index (χ3v) is 8.95. The first-order valence-corrected chi connectivity index (χ1v) is 14.7. The van der Waals surface area contributed by atoms with Crippen LogP contribution in [0.25, 0.3) is 0 Å². The van der Waals surface area contributed by atoms with Crippen LogP contribution in [0.5, 0.6) is 0 Å². The van der Waals surface area contributed by atoms with Gasteiger partial charge in [0.15, 0.2) is 0 Å². The van der Waals surface area contributed by atoms with Gasteiger partial charge in [-0.25, -0.2) is 9.18 Å². The average molecular weight is 589 g/mol. The SMILES string of the molecule is Cc1cccc(F)c1Cn1c2c(c(=O)n(C[C@H](N)c3ccccc3)c1=O)C1(CCN(Cc3cccc(Cl)c3)CC1)OC2. The molecular formula is C33H34ClFN4O3. The number of rotatable bonds is 7. The van der Waals surface area contributed by atoms with Crippen molar-refractivity contribution >= 4 is 11.6 Å². The van der Waals surface area contributed by atoms with Gasteiger partial charge in [0.2, 0.25) is 0 Å². The van der Waals surface area contributed by atoms with Gasteiger partial charge in [0.1, 0.15) is 11.4 Å². The molecule has 1 spiro atoms. The van der Waals surface area contributed by atoms with E-state index in [-0.39, 0.29) is 25.3 Å². The number of piperidine rings is 1. The Balaban J connectivity index is 1.39. The molecular weight excluding hydrogens is 555 g/mol. The topological polar surface area (TPSA) is 82.5 Å². The van der Waals surface area contributed by atoms with Crippen LogP contribution < -0.4 is 17.0 Å². The fraction of sp³-hybridized carbons (Fsp3) is 0.333. The van der Waals surface area contributed by atoms with E-state index in [1.54, 1.807) is 6.07 Å². The Morgan fingerprint density at radius 3 is 2.43 bits per heavy atom. The quantitative estimate of drug-likeness (QED) is 0.333. The van der Waals surface area contributed by atoms with Gasteiger partial charge in [-0.05, 0) is 54.7 Å². The van der Waals surface area contributed by atoms with Gasteiger partial charge in [-0.1, -0.05) is 66.2 Å². The van der Waals surface area contributed by atoms with Crippen molar-refractivity contribution in [2.75, 3.05) is 13.1 Å². The van der Waals surface area contributed by atoms with Gasteiger partial charge < -0.3 is 10.5 Å². The number of benzene rings is 3. The van der Waals surface area contributed by atoms with Crippen LogP contribution in [-0.2, 0) is 36.6 Å². The van der Waals surface area contributed by atoms with Crippen molar-refractivity contribution < 1.29 is 9.13 Å². The molecule has 0 unspecified atom stereocenters. The second-order valence-electron chi connectivity index (χ2n) is 11.3. The maximum absolute atomic E-state index is 15.0. The molecule has 218 valence electrons. The van der Waals surface area contributed by atoms with Gasteiger partial charge in [-0.15, -0.1) is 0 Å². The lowest BCUT2D eigenvalue weighted by Crippen LogP contribution is -2.49. The molecule has 3 aromatic carbocycles. The second kappa shape index (κ2) is 11.6. The number of ether oxygens (including phenoxy) is 1. The summed E-state index contributed by atoms with van der Waals surface area (Å²) in [5, 5.41) is 0.700. The fourth-order valence-corrected chi connectivity index (χ4v) is 6.55. The van der Waals surface area contributed by atoms with E-state index in [1.165, 1.54) is 15.2 Å². The first kappa shape index (κ1) is 28.6. The highest BCUT2D eigenvalue weighted by atomic mass is 35.5. The monoisotopic (exact) mass is 588 g/mol. The molecule has 0 amide bonds. The highest BCUT2D eigenvalue weighted by molar-refractivity contribution is 6.30. The minimum atomic E-state index is -0.824. The first-order valence-electron chi connectivity index (χ1n) is 14.3. The summed E-state index contributed by atoms with van der Waals surface area (Å²) in [7, 11) is 0. The molecule has 3 heterocycles. The molecule has 7 nitrogen and oxygen atoms in total. The molecule has 1 aromatic heterocycles. The predicted octanol–water partition coefficient (Wildman–Crippen LogP) is 4.88. The molecule has 6 rings (SSSR count). The summed E-state index contributed by atoms with van der Waals surface area (Å²) in [5.74, 6) is -0.391. The van der Waals surface area contributed by atoms with E-state index < -0.39 is 23.1 Å². The van der Waals surface area contributed by atoms with E-state index in [4.69, 9.17) is 22.1 Å². The van der Waals surface area contributed by atoms with Crippen molar-refractivity contribution in [1.29, 1.82) is 0 Å². The Hall–Kier alpha value is -3.56. The van der Waals surface area contributed by atoms with Crippen LogP contribution in [0, 0.1) is 12.7 Å². The molecule has 0 saturated carbocycles. The Labute approximate surface area is 248 Å². The van der Waals surface area contributed by atoms with Crippen LogP contribution in [0.15, 0.2) is 82.4 Å². The molecule has 42 heavy (non-hydrogen) atoms. The lowest BCUT2D eigenvalue weighted by Gasteiger charge is -2.39. The van der Waals surface area contributed by atoms with E-state index in [0.717, 1.165) is 23.2 Å². The second-order valence-corrected chi connectivity index (χ2v) is 11.8. The molecule has 1 saturated heterocycles. The minimum Gasteiger partial charge on any atom is -0.364 e. The van der Waals surface area contributed by atoms with Crippen LogP contribution >= 0.6 is 11.6 Å². The molecule has 0 aliphatic carbocycles. The number of fused-ring (bicyclic) bond motifs is 2. The number of aromatic nitrogens is 2. The van der Waals surface area contributed by atoms with Crippen LogP contribution in [0.4, 0.5) is 4.39 Å². The number of likely N-dealkylation sites (tertiary alicyclic amines) is 1. The smallest absolute Gasteiger partial charge is 0.331 e. The van der Waals surface area contributed by atoms with Crippen LogP contribution in [0.2, 0.25) is 5.02 Å². The lowest BCUT2D eigenvalue weighted by molar-refractivity contribution is -0.0810. The summed E-state index contributed by atoms with van der Waals surface area (Å²) in [6, 6.07) is 21.5. The summed E-state index contributed by atoms with van der Waals surface area (Å²) >= 11 is 6.19. The molecule has 9 heteroatoms. The number of nitrogens with two attached hydrogens (primary N) is 1. The molecule has 0 radical (unpaired) electrons. The maximum atomic E-state index is 15.0. The zero-order chi connectivity index (χ0) is 29.4. The zero-order valence-corrected chi connectivity index (χ0v) is 24.3.